The average Bonchev–Trinajstić information content (AvgIpc) is 2.62. The lowest BCUT2D eigenvalue weighted by Gasteiger charge is -2.14. The minimum absolute atomic E-state index is 0.0515. The van der Waals surface area contributed by atoms with Crippen molar-refractivity contribution in [2.45, 2.75) is 0 Å². The molecule has 3 N–H and O–H groups in total. The Morgan fingerprint density at radius 2 is 1.44 bits per heavy atom. The third kappa shape index (κ3) is 2.74. The summed E-state index contributed by atoms with van der Waals surface area (Å²) in [5, 5.41) is 19.5. The molecule has 0 saturated carbocycles. The van der Waals surface area contributed by atoms with Gasteiger partial charge in [-0.25, -0.2) is 0 Å². The maximum absolute atomic E-state index is 12.2. The van der Waals surface area contributed by atoms with E-state index in [1.54, 1.807) is 24.3 Å². The van der Waals surface area contributed by atoms with E-state index in [-0.39, 0.29) is 22.5 Å². The number of nitrogen functional groups attached to an aromatic ring is 1. The zero-order valence-electron chi connectivity index (χ0n) is 12.9. The number of nitriles is 2. The number of nitrogens with one attached hydrogen (secondary N) is 1. The van der Waals surface area contributed by atoms with E-state index < -0.39 is 5.56 Å². The van der Waals surface area contributed by atoms with Crippen LogP contribution in [0.1, 0.15) is 11.1 Å². The molecule has 0 radical (unpaired) electrons. The molecule has 1 heterocycles. The molecular weight excluding hydrogens is 336 g/mol. The highest BCUT2D eigenvalue weighted by atomic mass is 35.5. The number of aromatic amines is 1. The van der Waals surface area contributed by atoms with Crippen molar-refractivity contribution in [3.05, 3.63) is 75.0 Å². The molecule has 3 rings (SSSR count). The van der Waals surface area contributed by atoms with E-state index in [9.17, 15) is 15.3 Å². The molecule has 0 aliphatic carbocycles. The summed E-state index contributed by atoms with van der Waals surface area (Å²) in [6.45, 7) is 0. The molecule has 0 aliphatic rings. The standard InChI is InChI=1S/C19H11ClN4O/c20-16-8-4-3-6-12(16)11-5-1-2-7-13(11)17-14(9-21)18(23)24-19(25)15(17)10-22/h1-8H,(H3,23,24,25). The number of nitrogens with zero attached hydrogens (tertiary/aromatic N) is 2. The molecule has 0 unspecified atom stereocenters. The summed E-state index contributed by atoms with van der Waals surface area (Å²) < 4.78 is 0. The molecule has 3 aromatic rings. The monoisotopic (exact) mass is 346 g/mol. The van der Waals surface area contributed by atoms with Gasteiger partial charge < -0.3 is 10.7 Å². The first-order valence-electron chi connectivity index (χ1n) is 7.28. The first-order valence-corrected chi connectivity index (χ1v) is 7.66. The van der Waals surface area contributed by atoms with Crippen molar-refractivity contribution < 1.29 is 0 Å². The fourth-order valence-corrected chi connectivity index (χ4v) is 2.97. The third-order valence-electron chi connectivity index (χ3n) is 3.83. The van der Waals surface area contributed by atoms with Crippen molar-refractivity contribution in [1.29, 1.82) is 10.5 Å². The van der Waals surface area contributed by atoms with Crippen molar-refractivity contribution in [3.8, 4) is 34.4 Å². The SMILES string of the molecule is N#Cc1c(N)[nH]c(=O)c(C#N)c1-c1ccccc1-c1ccccc1Cl. The highest BCUT2D eigenvalue weighted by Crippen LogP contribution is 2.38. The van der Waals surface area contributed by atoms with E-state index in [1.807, 2.05) is 36.4 Å². The van der Waals surface area contributed by atoms with Crippen LogP contribution in [0.5, 0.6) is 0 Å². The molecule has 0 aliphatic heterocycles. The summed E-state index contributed by atoms with van der Waals surface area (Å²) in [4.78, 5) is 14.5. The topological polar surface area (TPSA) is 106 Å². The van der Waals surface area contributed by atoms with Crippen molar-refractivity contribution in [2.75, 3.05) is 5.73 Å². The van der Waals surface area contributed by atoms with Crippen LogP contribution in [0.2, 0.25) is 5.02 Å². The van der Waals surface area contributed by atoms with Crippen LogP contribution in [-0.4, -0.2) is 4.98 Å². The number of aromatic nitrogens is 1. The second kappa shape index (κ2) is 6.52. The van der Waals surface area contributed by atoms with Crippen LogP contribution in [0.3, 0.4) is 0 Å². The molecule has 0 amide bonds. The van der Waals surface area contributed by atoms with Crippen LogP contribution in [-0.2, 0) is 0 Å². The van der Waals surface area contributed by atoms with E-state index in [0.717, 1.165) is 5.56 Å². The molecule has 0 saturated heterocycles. The van der Waals surface area contributed by atoms with E-state index in [2.05, 4.69) is 4.98 Å². The summed E-state index contributed by atoms with van der Waals surface area (Å²) >= 11 is 6.31. The molecule has 0 atom stereocenters. The normalized spacial score (nSPS) is 10.0. The fraction of sp³-hybridized carbons (Fsp3) is 0. The highest BCUT2D eigenvalue weighted by Gasteiger charge is 2.21. The first kappa shape index (κ1) is 16.3. The van der Waals surface area contributed by atoms with Gasteiger partial charge in [0.2, 0.25) is 0 Å². The minimum atomic E-state index is -0.636. The number of anilines is 1. The van der Waals surface area contributed by atoms with Gasteiger partial charge in [-0.15, -0.1) is 0 Å². The summed E-state index contributed by atoms with van der Waals surface area (Å²) in [5.41, 5.74) is 7.23. The Labute approximate surface area is 148 Å². The van der Waals surface area contributed by atoms with Crippen molar-refractivity contribution >= 4 is 17.4 Å². The van der Waals surface area contributed by atoms with E-state index >= 15 is 0 Å². The second-order valence-electron chi connectivity index (χ2n) is 5.24. The Morgan fingerprint density at radius 3 is 2.04 bits per heavy atom. The number of pyridine rings is 1. The van der Waals surface area contributed by atoms with E-state index in [0.29, 0.717) is 16.1 Å². The number of rotatable bonds is 2. The van der Waals surface area contributed by atoms with Crippen LogP contribution in [0.4, 0.5) is 5.82 Å². The van der Waals surface area contributed by atoms with Crippen LogP contribution in [0.15, 0.2) is 53.3 Å². The molecule has 2 aromatic carbocycles. The molecule has 120 valence electrons. The lowest BCUT2D eigenvalue weighted by atomic mass is 9.90. The van der Waals surface area contributed by atoms with Crippen LogP contribution >= 0.6 is 11.6 Å². The van der Waals surface area contributed by atoms with Gasteiger partial charge in [0.1, 0.15) is 29.1 Å². The van der Waals surface area contributed by atoms with Gasteiger partial charge in [-0.05, 0) is 17.2 Å². The molecule has 1 aromatic heterocycles. The number of hydrogen-bond donors (Lipinski definition) is 2. The minimum Gasteiger partial charge on any atom is -0.384 e. The maximum Gasteiger partial charge on any atom is 0.268 e. The zero-order chi connectivity index (χ0) is 18.0. The quantitative estimate of drug-likeness (QED) is 0.737. The van der Waals surface area contributed by atoms with Gasteiger partial charge in [0, 0.05) is 16.1 Å². The zero-order valence-corrected chi connectivity index (χ0v) is 13.6. The number of halogens is 1. The first-order chi connectivity index (χ1) is 12.1. The summed E-state index contributed by atoms with van der Waals surface area (Å²) in [5.74, 6) is -0.0736. The average molecular weight is 347 g/mol. The van der Waals surface area contributed by atoms with Gasteiger partial charge in [0.05, 0.1) is 0 Å². The Balaban J connectivity index is 2.46. The molecule has 0 fully saturated rings. The number of H-pyrrole nitrogens is 1. The number of benzene rings is 2. The van der Waals surface area contributed by atoms with Gasteiger partial charge >= 0.3 is 0 Å². The molecule has 25 heavy (non-hydrogen) atoms. The molecule has 5 nitrogen and oxygen atoms in total. The van der Waals surface area contributed by atoms with Crippen LogP contribution in [0, 0.1) is 22.7 Å². The van der Waals surface area contributed by atoms with Gasteiger partial charge in [0.15, 0.2) is 0 Å². The third-order valence-corrected chi connectivity index (χ3v) is 4.16. The summed E-state index contributed by atoms with van der Waals surface area (Å²) in [6.07, 6.45) is 0. The van der Waals surface area contributed by atoms with Gasteiger partial charge in [-0.2, -0.15) is 10.5 Å². The Morgan fingerprint density at radius 1 is 0.880 bits per heavy atom. The number of hydrogen-bond acceptors (Lipinski definition) is 4. The maximum atomic E-state index is 12.2. The molecule has 0 bridgehead atoms. The fourth-order valence-electron chi connectivity index (χ4n) is 2.73. The van der Waals surface area contributed by atoms with E-state index in [4.69, 9.17) is 17.3 Å². The summed E-state index contributed by atoms with van der Waals surface area (Å²) in [7, 11) is 0. The molecule has 6 heteroatoms. The Hall–Kier alpha value is -3.54. The lowest BCUT2D eigenvalue weighted by Crippen LogP contribution is -2.16. The highest BCUT2D eigenvalue weighted by molar-refractivity contribution is 6.33. The van der Waals surface area contributed by atoms with Gasteiger partial charge in [-0.1, -0.05) is 54.1 Å². The predicted molar refractivity (Wildman–Crippen MR) is 96.8 cm³/mol. The van der Waals surface area contributed by atoms with Crippen LogP contribution in [0.25, 0.3) is 22.3 Å². The molecule has 0 spiro atoms. The van der Waals surface area contributed by atoms with Crippen molar-refractivity contribution in [3.63, 3.8) is 0 Å². The van der Waals surface area contributed by atoms with Gasteiger partial charge in [-0.3, -0.25) is 4.79 Å². The number of nitrogens with two attached hydrogens (primary N) is 1. The smallest absolute Gasteiger partial charge is 0.268 e. The van der Waals surface area contributed by atoms with Crippen LogP contribution < -0.4 is 11.3 Å². The van der Waals surface area contributed by atoms with E-state index in [1.165, 1.54) is 0 Å². The summed E-state index contributed by atoms with van der Waals surface area (Å²) in [6, 6.07) is 18.2. The molecular formula is C19H11ClN4O. The Bertz CT molecular complexity index is 1120. The largest absolute Gasteiger partial charge is 0.384 e. The second-order valence-corrected chi connectivity index (χ2v) is 5.65. The Kier molecular flexibility index (Phi) is 4.26. The predicted octanol–water partition coefficient (Wildman–Crippen LogP) is 3.69. The van der Waals surface area contributed by atoms with Crippen molar-refractivity contribution in [2.24, 2.45) is 0 Å². The van der Waals surface area contributed by atoms with Gasteiger partial charge in [0.25, 0.3) is 5.56 Å². The lowest BCUT2D eigenvalue weighted by molar-refractivity contribution is 1.21. The van der Waals surface area contributed by atoms with Crippen molar-refractivity contribution in [1.82, 2.24) is 4.98 Å².